The first-order valence-electron chi connectivity index (χ1n) is 6.78. The summed E-state index contributed by atoms with van der Waals surface area (Å²) in [7, 11) is 0. The zero-order chi connectivity index (χ0) is 14.9. The molecule has 0 atom stereocenters. The van der Waals surface area contributed by atoms with Crippen LogP contribution in [0.1, 0.15) is 43.6 Å². The first-order valence-corrected chi connectivity index (χ1v) is 7.57. The monoisotopic (exact) mass is 337 g/mol. The van der Waals surface area contributed by atoms with Gasteiger partial charge in [0.2, 0.25) is 0 Å². The quantitative estimate of drug-likeness (QED) is 0.925. The van der Waals surface area contributed by atoms with Gasteiger partial charge in [-0.3, -0.25) is 0 Å². The Morgan fingerprint density at radius 2 is 2.00 bits per heavy atom. The Morgan fingerprint density at radius 3 is 2.50 bits per heavy atom. The van der Waals surface area contributed by atoms with Gasteiger partial charge in [0.05, 0.1) is 15.9 Å². The van der Waals surface area contributed by atoms with Crippen molar-refractivity contribution in [3.05, 3.63) is 27.8 Å². The summed E-state index contributed by atoms with van der Waals surface area (Å²) in [6.45, 7) is 11.2. The molecule has 0 fully saturated rings. The number of nitrogens with one attached hydrogen (secondary N) is 1. The molecule has 108 valence electrons. The molecule has 0 aliphatic carbocycles. The molecule has 0 aliphatic heterocycles. The summed E-state index contributed by atoms with van der Waals surface area (Å²) in [5, 5.41) is 7.88. The van der Waals surface area contributed by atoms with E-state index in [9.17, 15) is 0 Å². The van der Waals surface area contributed by atoms with Gasteiger partial charge in [-0.25, -0.2) is 14.6 Å². The summed E-state index contributed by atoms with van der Waals surface area (Å²) in [5.74, 6) is 2.04. The highest BCUT2D eigenvalue weighted by molar-refractivity contribution is 9.10. The molecular formula is C14H20BrN5. The van der Waals surface area contributed by atoms with E-state index in [1.165, 1.54) is 0 Å². The van der Waals surface area contributed by atoms with Crippen molar-refractivity contribution in [3.63, 3.8) is 0 Å². The van der Waals surface area contributed by atoms with Crippen molar-refractivity contribution in [1.29, 1.82) is 0 Å². The molecule has 2 aromatic rings. The normalized spacial score (nSPS) is 11.2. The van der Waals surface area contributed by atoms with Gasteiger partial charge in [-0.2, -0.15) is 5.10 Å². The SMILES string of the molecule is CCNc1ncnc(-n2nc(C)c(Br)c2C)c1C(C)C. The Kier molecular flexibility index (Phi) is 4.42. The molecule has 6 heteroatoms. The minimum absolute atomic E-state index is 0.308. The van der Waals surface area contributed by atoms with Gasteiger partial charge in [-0.15, -0.1) is 0 Å². The molecule has 0 radical (unpaired) electrons. The van der Waals surface area contributed by atoms with Gasteiger partial charge in [0, 0.05) is 12.1 Å². The van der Waals surface area contributed by atoms with Crippen molar-refractivity contribution in [2.75, 3.05) is 11.9 Å². The van der Waals surface area contributed by atoms with Crippen LogP contribution in [-0.2, 0) is 0 Å². The van der Waals surface area contributed by atoms with Crippen molar-refractivity contribution in [2.45, 2.75) is 40.5 Å². The van der Waals surface area contributed by atoms with Gasteiger partial charge < -0.3 is 5.32 Å². The fourth-order valence-corrected chi connectivity index (χ4v) is 2.47. The van der Waals surface area contributed by atoms with E-state index in [1.807, 2.05) is 18.5 Å². The van der Waals surface area contributed by atoms with E-state index in [0.717, 1.165) is 39.6 Å². The number of rotatable bonds is 4. The molecule has 20 heavy (non-hydrogen) atoms. The second-order valence-electron chi connectivity index (χ2n) is 5.04. The standard InChI is InChI=1S/C14H20BrN5/c1-6-16-13-11(8(2)3)14(18-7-17-13)20-10(5)12(15)9(4)19-20/h7-8H,6H2,1-5H3,(H,16,17,18). The van der Waals surface area contributed by atoms with Crippen LogP contribution in [0.15, 0.2) is 10.8 Å². The lowest BCUT2D eigenvalue weighted by Crippen LogP contribution is -2.12. The van der Waals surface area contributed by atoms with E-state index in [4.69, 9.17) is 0 Å². The Labute approximate surface area is 128 Å². The number of halogens is 1. The Morgan fingerprint density at radius 1 is 1.30 bits per heavy atom. The molecule has 0 amide bonds. The molecule has 0 spiro atoms. The maximum atomic E-state index is 4.58. The van der Waals surface area contributed by atoms with Crippen LogP contribution in [0.4, 0.5) is 5.82 Å². The molecule has 2 heterocycles. The zero-order valence-electron chi connectivity index (χ0n) is 12.5. The number of anilines is 1. The summed E-state index contributed by atoms with van der Waals surface area (Å²) < 4.78 is 2.91. The van der Waals surface area contributed by atoms with Crippen molar-refractivity contribution in [1.82, 2.24) is 19.7 Å². The van der Waals surface area contributed by atoms with E-state index >= 15 is 0 Å². The fraction of sp³-hybridized carbons (Fsp3) is 0.500. The lowest BCUT2D eigenvalue weighted by molar-refractivity contribution is 0.753. The maximum Gasteiger partial charge on any atom is 0.162 e. The van der Waals surface area contributed by atoms with Gasteiger partial charge in [-0.1, -0.05) is 13.8 Å². The minimum atomic E-state index is 0.308. The summed E-state index contributed by atoms with van der Waals surface area (Å²) in [6.07, 6.45) is 1.59. The van der Waals surface area contributed by atoms with Crippen molar-refractivity contribution >= 4 is 21.7 Å². The van der Waals surface area contributed by atoms with Gasteiger partial charge in [0.1, 0.15) is 12.1 Å². The molecule has 5 nitrogen and oxygen atoms in total. The van der Waals surface area contributed by atoms with E-state index in [0.29, 0.717) is 5.92 Å². The molecule has 0 saturated heterocycles. The summed E-state index contributed by atoms with van der Waals surface area (Å²) >= 11 is 3.57. The lowest BCUT2D eigenvalue weighted by Gasteiger charge is -2.17. The molecule has 0 aromatic carbocycles. The highest BCUT2D eigenvalue weighted by atomic mass is 79.9. The second-order valence-corrected chi connectivity index (χ2v) is 5.83. The molecule has 0 bridgehead atoms. The predicted octanol–water partition coefficient (Wildman–Crippen LogP) is 3.60. The molecular weight excluding hydrogens is 318 g/mol. The molecule has 0 aliphatic rings. The number of aromatic nitrogens is 4. The van der Waals surface area contributed by atoms with Crippen molar-refractivity contribution in [3.8, 4) is 5.82 Å². The van der Waals surface area contributed by atoms with Crippen LogP contribution >= 0.6 is 15.9 Å². The van der Waals surface area contributed by atoms with Crippen LogP contribution in [-0.4, -0.2) is 26.3 Å². The van der Waals surface area contributed by atoms with Gasteiger partial charge in [0.15, 0.2) is 5.82 Å². The number of nitrogens with zero attached hydrogens (tertiary/aromatic N) is 4. The summed E-state index contributed by atoms with van der Waals surface area (Å²) in [6, 6.07) is 0. The first kappa shape index (κ1) is 15.0. The van der Waals surface area contributed by atoms with Gasteiger partial charge >= 0.3 is 0 Å². The largest absolute Gasteiger partial charge is 0.370 e. The van der Waals surface area contributed by atoms with Crippen LogP contribution in [0.2, 0.25) is 0 Å². The fourth-order valence-electron chi connectivity index (χ4n) is 2.22. The smallest absolute Gasteiger partial charge is 0.162 e. The van der Waals surface area contributed by atoms with Crippen LogP contribution in [0.25, 0.3) is 5.82 Å². The summed E-state index contributed by atoms with van der Waals surface area (Å²) in [5.41, 5.74) is 3.10. The average Bonchev–Trinajstić information content (AvgIpc) is 2.66. The lowest BCUT2D eigenvalue weighted by atomic mass is 10.0. The minimum Gasteiger partial charge on any atom is -0.370 e. The summed E-state index contributed by atoms with van der Waals surface area (Å²) in [4.78, 5) is 8.82. The Bertz CT molecular complexity index is 618. The van der Waals surface area contributed by atoms with Crippen LogP contribution < -0.4 is 5.32 Å². The predicted molar refractivity (Wildman–Crippen MR) is 84.6 cm³/mol. The van der Waals surface area contributed by atoms with Crippen molar-refractivity contribution < 1.29 is 0 Å². The van der Waals surface area contributed by atoms with Crippen LogP contribution in [0.3, 0.4) is 0 Å². The second kappa shape index (κ2) is 5.91. The number of aryl methyl sites for hydroxylation is 1. The molecule has 2 aromatic heterocycles. The average molecular weight is 338 g/mol. The molecule has 0 unspecified atom stereocenters. The van der Waals surface area contributed by atoms with Gasteiger partial charge in [0.25, 0.3) is 0 Å². The topological polar surface area (TPSA) is 55.6 Å². The number of hydrogen-bond donors (Lipinski definition) is 1. The molecule has 0 saturated carbocycles. The first-order chi connectivity index (χ1) is 9.47. The van der Waals surface area contributed by atoms with E-state index in [-0.39, 0.29) is 0 Å². The molecule has 2 rings (SSSR count). The van der Waals surface area contributed by atoms with E-state index in [2.05, 4.69) is 57.1 Å². The third-order valence-corrected chi connectivity index (χ3v) is 4.34. The third-order valence-electron chi connectivity index (χ3n) is 3.19. The number of hydrogen-bond acceptors (Lipinski definition) is 4. The highest BCUT2D eigenvalue weighted by Crippen LogP contribution is 2.30. The maximum absolute atomic E-state index is 4.58. The zero-order valence-corrected chi connectivity index (χ0v) is 14.1. The third kappa shape index (κ3) is 2.57. The Hall–Kier alpha value is -1.43. The van der Waals surface area contributed by atoms with E-state index < -0.39 is 0 Å². The Balaban J connectivity index is 2.67. The van der Waals surface area contributed by atoms with Crippen molar-refractivity contribution in [2.24, 2.45) is 0 Å². The molecule has 1 N–H and O–H groups in total. The van der Waals surface area contributed by atoms with Crippen LogP contribution in [0, 0.1) is 13.8 Å². The van der Waals surface area contributed by atoms with Gasteiger partial charge in [-0.05, 0) is 42.6 Å². The van der Waals surface area contributed by atoms with E-state index in [1.54, 1.807) is 6.33 Å². The van der Waals surface area contributed by atoms with Crippen LogP contribution in [0.5, 0.6) is 0 Å². The highest BCUT2D eigenvalue weighted by Gasteiger charge is 2.19.